The molecular formula is C13H11N3O2S. The summed E-state index contributed by atoms with van der Waals surface area (Å²) in [5.74, 6) is -1.00. The number of rotatable bonds is 2. The van der Waals surface area contributed by atoms with E-state index in [1.807, 2.05) is 42.1 Å². The molecule has 0 fully saturated rings. The molecule has 0 saturated heterocycles. The minimum absolute atomic E-state index is 0.175. The van der Waals surface area contributed by atoms with Crippen LogP contribution in [0.5, 0.6) is 0 Å². The molecule has 0 aliphatic heterocycles. The topological polar surface area (TPSA) is 81.1 Å². The van der Waals surface area contributed by atoms with Gasteiger partial charge in [0, 0.05) is 29.7 Å². The molecule has 2 aromatic heterocycles. The Morgan fingerprint density at radius 1 is 1.42 bits per heavy atom. The van der Waals surface area contributed by atoms with Crippen molar-refractivity contribution in [3.8, 4) is 11.3 Å². The molecule has 0 bridgehead atoms. The Kier molecular flexibility index (Phi) is 2.53. The molecule has 0 atom stereocenters. The van der Waals surface area contributed by atoms with Gasteiger partial charge in [-0.2, -0.15) is 0 Å². The van der Waals surface area contributed by atoms with Crippen LogP contribution < -0.4 is 5.73 Å². The minimum atomic E-state index is -1.00. The van der Waals surface area contributed by atoms with Crippen molar-refractivity contribution in [2.45, 2.75) is 0 Å². The van der Waals surface area contributed by atoms with Crippen LogP contribution in [0.15, 0.2) is 30.5 Å². The maximum absolute atomic E-state index is 11.3. The van der Waals surface area contributed by atoms with E-state index in [0.717, 1.165) is 27.8 Å². The van der Waals surface area contributed by atoms with Gasteiger partial charge in [-0.15, -0.1) is 0 Å². The quantitative estimate of drug-likeness (QED) is 0.752. The van der Waals surface area contributed by atoms with E-state index in [1.165, 1.54) is 0 Å². The highest BCUT2D eigenvalue weighted by Gasteiger charge is 2.20. The largest absolute Gasteiger partial charge is 0.477 e. The summed E-state index contributed by atoms with van der Waals surface area (Å²) in [6, 6.07) is 7.79. The smallest absolute Gasteiger partial charge is 0.348 e. The van der Waals surface area contributed by atoms with Crippen LogP contribution in [-0.2, 0) is 7.05 Å². The zero-order valence-electron chi connectivity index (χ0n) is 10.1. The number of carboxylic acids is 1. The molecule has 3 N–H and O–H groups in total. The van der Waals surface area contributed by atoms with E-state index in [1.54, 1.807) is 0 Å². The molecule has 3 aromatic rings. The Morgan fingerprint density at radius 3 is 2.89 bits per heavy atom. The summed E-state index contributed by atoms with van der Waals surface area (Å²) in [5.41, 5.74) is 7.90. The van der Waals surface area contributed by atoms with Gasteiger partial charge in [-0.25, -0.2) is 9.78 Å². The number of carbonyl (C=O) groups is 1. The van der Waals surface area contributed by atoms with E-state index in [9.17, 15) is 9.90 Å². The summed E-state index contributed by atoms with van der Waals surface area (Å²) >= 11 is 0.993. The number of thiazole rings is 1. The van der Waals surface area contributed by atoms with Crippen LogP contribution in [0.2, 0.25) is 0 Å². The number of fused-ring (bicyclic) bond motifs is 1. The molecule has 3 rings (SSSR count). The fourth-order valence-electron chi connectivity index (χ4n) is 2.19. The van der Waals surface area contributed by atoms with Crippen LogP contribution in [-0.4, -0.2) is 20.6 Å². The predicted octanol–water partition coefficient (Wildman–Crippen LogP) is 2.58. The highest BCUT2D eigenvalue weighted by molar-refractivity contribution is 7.17. The normalized spacial score (nSPS) is 11.0. The second-order valence-corrected chi connectivity index (χ2v) is 5.24. The molecule has 0 aliphatic rings. The Balaban J connectivity index is 2.34. The maximum atomic E-state index is 11.3. The van der Waals surface area contributed by atoms with Crippen molar-refractivity contribution in [1.29, 1.82) is 0 Å². The van der Waals surface area contributed by atoms with Crippen LogP contribution >= 0.6 is 11.3 Å². The van der Waals surface area contributed by atoms with Crippen molar-refractivity contribution < 1.29 is 9.90 Å². The highest BCUT2D eigenvalue weighted by Crippen LogP contribution is 2.35. The number of para-hydroxylation sites is 1. The standard InChI is InChI=1S/C13H11N3O2S/c1-16-6-8(7-4-2-3-5-9(7)16)10-11(12(17)18)19-13(14)15-10/h2-6H,1H3,(H2,14,15)(H,17,18). The molecule has 6 heteroatoms. The molecule has 2 heterocycles. The SMILES string of the molecule is Cn1cc(-c2nc(N)sc2C(=O)O)c2ccccc21. The molecule has 0 radical (unpaired) electrons. The van der Waals surface area contributed by atoms with Gasteiger partial charge in [0.05, 0.1) is 0 Å². The van der Waals surface area contributed by atoms with Gasteiger partial charge in [0.25, 0.3) is 0 Å². The summed E-state index contributed by atoms with van der Waals surface area (Å²) in [4.78, 5) is 15.6. The van der Waals surface area contributed by atoms with E-state index < -0.39 is 5.97 Å². The summed E-state index contributed by atoms with van der Waals surface area (Å²) < 4.78 is 1.95. The number of nitrogen functional groups attached to an aromatic ring is 1. The number of nitrogens with zero attached hydrogens (tertiary/aromatic N) is 2. The van der Waals surface area contributed by atoms with Gasteiger partial charge in [-0.3, -0.25) is 0 Å². The second-order valence-electron chi connectivity index (χ2n) is 4.21. The second kappa shape index (κ2) is 4.10. The average molecular weight is 273 g/mol. The zero-order chi connectivity index (χ0) is 13.6. The number of benzene rings is 1. The van der Waals surface area contributed by atoms with E-state index in [-0.39, 0.29) is 10.0 Å². The fourth-order valence-corrected chi connectivity index (χ4v) is 2.88. The van der Waals surface area contributed by atoms with Gasteiger partial charge < -0.3 is 15.4 Å². The van der Waals surface area contributed by atoms with Crippen molar-refractivity contribution in [3.05, 3.63) is 35.3 Å². The number of hydrogen-bond acceptors (Lipinski definition) is 4. The van der Waals surface area contributed by atoms with Crippen LogP contribution in [0, 0.1) is 0 Å². The molecule has 19 heavy (non-hydrogen) atoms. The lowest BCUT2D eigenvalue weighted by Crippen LogP contribution is -1.95. The third-order valence-corrected chi connectivity index (χ3v) is 3.86. The van der Waals surface area contributed by atoms with Crippen molar-refractivity contribution in [2.75, 3.05) is 5.73 Å². The highest BCUT2D eigenvalue weighted by atomic mass is 32.1. The van der Waals surface area contributed by atoms with Crippen LogP contribution in [0.4, 0.5) is 5.13 Å². The zero-order valence-corrected chi connectivity index (χ0v) is 10.9. The van der Waals surface area contributed by atoms with Gasteiger partial charge in [0.2, 0.25) is 0 Å². The molecule has 0 aliphatic carbocycles. The predicted molar refractivity (Wildman–Crippen MR) is 75.4 cm³/mol. The first-order chi connectivity index (χ1) is 9.08. The van der Waals surface area contributed by atoms with Gasteiger partial charge in [0.15, 0.2) is 5.13 Å². The van der Waals surface area contributed by atoms with Gasteiger partial charge in [-0.05, 0) is 6.07 Å². The first kappa shape index (κ1) is 11.7. The number of anilines is 1. The van der Waals surface area contributed by atoms with Crippen LogP contribution in [0.25, 0.3) is 22.2 Å². The molecule has 0 saturated carbocycles. The first-order valence-electron chi connectivity index (χ1n) is 5.62. The molecular weight excluding hydrogens is 262 g/mol. The lowest BCUT2D eigenvalue weighted by atomic mass is 10.1. The maximum Gasteiger partial charge on any atom is 0.348 e. The number of aromatic nitrogens is 2. The number of carboxylic acid groups (broad SMARTS) is 1. The summed E-state index contributed by atoms with van der Waals surface area (Å²) in [6.07, 6.45) is 1.88. The lowest BCUT2D eigenvalue weighted by Gasteiger charge is -1.96. The number of aromatic carboxylic acids is 1. The Hall–Kier alpha value is -2.34. The van der Waals surface area contributed by atoms with Gasteiger partial charge >= 0.3 is 5.97 Å². The fraction of sp³-hybridized carbons (Fsp3) is 0.0769. The van der Waals surface area contributed by atoms with E-state index >= 15 is 0 Å². The Labute approximate surface area is 112 Å². The van der Waals surface area contributed by atoms with Crippen molar-refractivity contribution >= 4 is 33.3 Å². The van der Waals surface area contributed by atoms with Gasteiger partial charge in [0.1, 0.15) is 10.6 Å². The van der Waals surface area contributed by atoms with E-state index in [2.05, 4.69) is 4.98 Å². The summed E-state index contributed by atoms with van der Waals surface area (Å²) in [6.45, 7) is 0. The van der Waals surface area contributed by atoms with Crippen LogP contribution in [0.3, 0.4) is 0 Å². The van der Waals surface area contributed by atoms with E-state index in [0.29, 0.717) is 5.69 Å². The molecule has 0 spiro atoms. The minimum Gasteiger partial charge on any atom is -0.477 e. The lowest BCUT2D eigenvalue weighted by molar-refractivity contribution is 0.0702. The third-order valence-electron chi connectivity index (χ3n) is 2.99. The number of nitrogens with two attached hydrogens (primary N) is 1. The van der Waals surface area contributed by atoms with Crippen molar-refractivity contribution in [1.82, 2.24) is 9.55 Å². The van der Waals surface area contributed by atoms with Crippen LogP contribution in [0.1, 0.15) is 9.67 Å². The summed E-state index contributed by atoms with van der Waals surface area (Å²) in [5, 5.41) is 10.5. The first-order valence-corrected chi connectivity index (χ1v) is 6.43. The molecule has 0 amide bonds. The summed E-state index contributed by atoms with van der Waals surface area (Å²) in [7, 11) is 1.92. The Morgan fingerprint density at radius 2 is 2.16 bits per heavy atom. The third kappa shape index (κ3) is 1.77. The van der Waals surface area contributed by atoms with Crippen molar-refractivity contribution in [2.24, 2.45) is 7.05 Å². The van der Waals surface area contributed by atoms with Gasteiger partial charge in [-0.1, -0.05) is 29.5 Å². The van der Waals surface area contributed by atoms with Crippen molar-refractivity contribution in [3.63, 3.8) is 0 Å². The Bertz CT molecular complexity index is 788. The molecule has 1 aromatic carbocycles. The monoisotopic (exact) mass is 273 g/mol. The molecule has 0 unspecified atom stereocenters. The van der Waals surface area contributed by atoms with E-state index in [4.69, 9.17) is 5.73 Å². The number of hydrogen-bond donors (Lipinski definition) is 2. The number of aryl methyl sites for hydroxylation is 1. The average Bonchev–Trinajstić information content (AvgIpc) is 2.91. The molecule has 5 nitrogen and oxygen atoms in total. The molecule has 96 valence electrons.